The lowest BCUT2D eigenvalue weighted by Gasteiger charge is -2.12. The summed E-state index contributed by atoms with van der Waals surface area (Å²) in [5, 5.41) is 0. The highest BCUT2D eigenvalue weighted by Crippen LogP contribution is 2.25. The summed E-state index contributed by atoms with van der Waals surface area (Å²) < 4.78 is 0. The Hall–Kier alpha value is -2.85. The number of allylic oxidation sites excluding steroid dienone is 9. The Morgan fingerprint density at radius 1 is 1.24 bits per heavy atom. The molecule has 126 valence electrons. The summed E-state index contributed by atoms with van der Waals surface area (Å²) in [6, 6.07) is 10.4. The normalized spacial score (nSPS) is 15.3. The van der Waals surface area contributed by atoms with Gasteiger partial charge in [0.2, 0.25) is 0 Å². The number of benzene rings is 1. The quantitative estimate of drug-likeness (QED) is 0.381. The lowest BCUT2D eigenvalue weighted by atomic mass is 9.90. The van der Waals surface area contributed by atoms with Crippen LogP contribution >= 0.6 is 0 Å². The Bertz CT molecular complexity index is 789. The molecule has 1 aliphatic rings. The Kier molecular flexibility index (Phi) is 7.47. The molecular weight excluding hydrogens is 304 g/mol. The van der Waals surface area contributed by atoms with E-state index >= 15 is 0 Å². The lowest BCUT2D eigenvalue weighted by Crippen LogP contribution is -2.04. The fourth-order valence-electron chi connectivity index (χ4n) is 2.68. The maximum atomic E-state index is 11.9. The van der Waals surface area contributed by atoms with Crippen molar-refractivity contribution in [3.8, 4) is 11.8 Å². The molecule has 0 atom stereocenters. The standard InChI is InChI=1S/C24H24O/c1-3-4-7-16-22-17-12-19-23(20(2)25)24(22)18-11-6-10-15-21-13-8-5-9-14-21/h3-5,7-9,12-14,16,19H,1,6,10,15,17H2,2H3/b7-4-,22-16+. The highest BCUT2D eigenvalue weighted by molar-refractivity contribution is 5.99. The van der Waals surface area contributed by atoms with E-state index in [1.807, 2.05) is 36.4 Å². The highest BCUT2D eigenvalue weighted by atomic mass is 16.1. The molecule has 0 saturated carbocycles. The number of carbonyl (C=O) groups excluding carboxylic acids is 1. The molecule has 0 bridgehead atoms. The van der Waals surface area contributed by atoms with Gasteiger partial charge in [0.05, 0.1) is 0 Å². The first-order valence-corrected chi connectivity index (χ1v) is 8.65. The average molecular weight is 328 g/mol. The number of unbranched alkanes of at least 4 members (excludes halogenated alkanes) is 1. The first-order chi connectivity index (χ1) is 12.2. The summed E-state index contributed by atoms with van der Waals surface area (Å²) in [5.74, 6) is 6.56. The van der Waals surface area contributed by atoms with Crippen molar-refractivity contribution in [2.75, 3.05) is 0 Å². The van der Waals surface area contributed by atoms with Crippen LogP contribution in [0.15, 0.2) is 90.1 Å². The average Bonchev–Trinajstić information content (AvgIpc) is 2.63. The first-order valence-electron chi connectivity index (χ1n) is 8.65. The molecule has 1 aromatic rings. The van der Waals surface area contributed by atoms with Crippen LogP contribution < -0.4 is 0 Å². The number of hydrogen-bond acceptors (Lipinski definition) is 1. The molecule has 0 radical (unpaired) electrons. The van der Waals surface area contributed by atoms with Crippen LogP contribution in [0.1, 0.15) is 31.7 Å². The van der Waals surface area contributed by atoms with E-state index in [0.717, 1.165) is 36.8 Å². The number of ketones is 1. The van der Waals surface area contributed by atoms with Gasteiger partial charge in [-0.15, -0.1) is 0 Å². The minimum Gasteiger partial charge on any atom is -0.294 e. The van der Waals surface area contributed by atoms with Gasteiger partial charge in [0.15, 0.2) is 5.78 Å². The smallest absolute Gasteiger partial charge is 0.161 e. The molecule has 0 aromatic heterocycles. The zero-order valence-electron chi connectivity index (χ0n) is 14.8. The largest absolute Gasteiger partial charge is 0.294 e. The Morgan fingerprint density at radius 2 is 2.04 bits per heavy atom. The molecule has 0 saturated heterocycles. The third kappa shape index (κ3) is 5.94. The summed E-state index contributed by atoms with van der Waals surface area (Å²) in [6.45, 7) is 5.27. The van der Waals surface area contributed by atoms with Gasteiger partial charge in [-0.3, -0.25) is 4.79 Å². The van der Waals surface area contributed by atoms with Gasteiger partial charge in [0.1, 0.15) is 0 Å². The molecule has 2 rings (SSSR count). The van der Waals surface area contributed by atoms with Crippen molar-refractivity contribution < 1.29 is 4.79 Å². The van der Waals surface area contributed by atoms with Gasteiger partial charge in [0.25, 0.3) is 0 Å². The second kappa shape index (κ2) is 10.1. The first kappa shape index (κ1) is 18.5. The summed E-state index contributed by atoms with van der Waals surface area (Å²) in [4.78, 5) is 11.9. The molecule has 0 fully saturated rings. The number of carbonyl (C=O) groups is 1. The van der Waals surface area contributed by atoms with Crippen LogP contribution in [0, 0.1) is 11.8 Å². The van der Waals surface area contributed by atoms with E-state index in [1.165, 1.54) is 5.56 Å². The zero-order chi connectivity index (χ0) is 17.9. The summed E-state index contributed by atoms with van der Waals surface area (Å²) in [7, 11) is 0. The van der Waals surface area contributed by atoms with Crippen molar-refractivity contribution in [2.24, 2.45) is 0 Å². The molecule has 0 aliphatic heterocycles. The topological polar surface area (TPSA) is 17.1 Å². The Morgan fingerprint density at radius 3 is 2.76 bits per heavy atom. The molecular formula is C24H24O. The van der Waals surface area contributed by atoms with Crippen LogP contribution in [0.4, 0.5) is 0 Å². The van der Waals surface area contributed by atoms with Gasteiger partial charge in [-0.05, 0) is 37.3 Å². The van der Waals surface area contributed by atoms with Gasteiger partial charge in [-0.2, -0.15) is 0 Å². The molecule has 0 heterocycles. The van der Waals surface area contributed by atoms with Gasteiger partial charge >= 0.3 is 0 Å². The van der Waals surface area contributed by atoms with E-state index in [4.69, 9.17) is 0 Å². The molecule has 0 amide bonds. The van der Waals surface area contributed by atoms with E-state index in [2.05, 4.69) is 42.7 Å². The van der Waals surface area contributed by atoms with Crippen molar-refractivity contribution >= 4 is 5.78 Å². The van der Waals surface area contributed by atoms with Crippen LogP contribution in [-0.2, 0) is 11.2 Å². The summed E-state index contributed by atoms with van der Waals surface area (Å²) >= 11 is 0. The van der Waals surface area contributed by atoms with Gasteiger partial charge in [-0.25, -0.2) is 0 Å². The molecule has 0 unspecified atom stereocenters. The minimum absolute atomic E-state index is 0.0585. The van der Waals surface area contributed by atoms with Crippen molar-refractivity contribution in [2.45, 2.75) is 32.6 Å². The zero-order valence-corrected chi connectivity index (χ0v) is 14.8. The molecule has 0 spiro atoms. The molecule has 1 heteroatoms. The second-order valence-electron chi connectivity index (χ2n) is 5.90. The minimum atomic E-state index is 0.0585. The second-order valence-corrected chi connectivity index (χ2v) is 5.90. The predicted molar refractivity (Wildman–Crippen MR) is 106 cm³/mol. The van der Waals surface area contributed by atoms with E-state index in [0.29, 0.717) is 5.57 Å². The van der Waals surface area contributed by atoms with Gasteiger partial charge in [-0.1, -0.05) is 85.2 Å². The molecule has 1 aliphatic carbocycles. The molecule has 1 aromatic carbocycles. The van der Waals surface area contributed by atoms with Crippen LogP contribution in [0.25, 0.3) is 0 Å². The van der Waals surface area contributed by atoms with E-state index < -0.39 is 0 Å². The van der Waals surface area contributed by atoms with Crippen LogP contribution in [0.3, 0.4) is 0 Å². The maximum absolute atomic E-state index is 11.9. The molecule has 0 N–H and O–H groups in total. The van der Waals surface area contributed by atoms with Crippen LogP contribution in [0.2, 0.25) is 0 Å². The highest BCUT2D eigenvalue weighted by Gasteiger charge is 2.14. The van der Waals surface area contributed by atoms with Gasteiger partial charge in [0, 0.05) is 17.6 Å². The van der Waals surface area contributed by atoms with Gasteiger partial charge < -0.3 is 0 Å². The van der Waals surface area contributed by atoms with E-state index in [1.54, 1.807) is 13.0 Å². The molecule has 25 heavy (non-hydrogen) atoms. The van der Waals surface area contributed by atoms with Crippen LogP contribution in [-0.4, -0.2) is 5.78 Å². The number of Topliss-reactive ketones (excluding diaryl/α,β-unsaturated/α-hetero) is 1. The predicted octanol–water partition coefficient (Wildman–Crippen LogP) is 5.53. The fourth-order valence-corrected chi connectivity index (χ4v) is 2.68. The third-order valence-corrected chi connectivity index (χ3v) is 3.96. The number of aryl methyl sites for hydroxylation is 1. The summed E-state index contributed by atoms with van der Waals surface area (Å²) in [6.07, 6.45) is 15.2. The number of hydrogen-bond donors (Lipinski definition) is 0. The van der Waals surface area contributed by atoms with Crippen molar-refractivity contribution in [1.82, 2.24) is 0 Å². The summed E-state index contributed by atoms with van der Waals surface area (Å²) in [5.41, 5.74) is 3.99. The monoisotopic (exact) mass is 328 g/mol. The van der Waals surface area contributed by atoms with Crippen molar-refractivity contribution in [3.63, 3.8) is 0 Å². The molecule has 1 nitrogen and oxygen atoms in total. The Balaban J connectivity index is 2.10. The number of rotatable bonds is 6. The third-order valence-electron chi connectivity index (χ3n) is 3.96. The van der Waals surface area contributed by atoms with E-state index in [-0.39, 0.29) is 5.78 Å². The SMILES string of the molecule is C=C/C=C\C=C1/CC=CC(C(C)=O)=C1C#CCCCc1ccccc1. The lowest BCUT2D eigenvalue weighted by molar-refractivity contribution is -0.113. The maximum Gasteiger partial charge on any atom is 0.161 e. The fraction of sp³-hybridized carbons (Fsp3) is 0.208. The van der Waals surface area contributed by atoms with Crippen molar-refractivity contribution in [3.05, 3.63) is 95.6 Å². The van der Waals surface area contributed by atoms with Crippen LogP contribution in [0.5, 0.6) is 0 Å². The van der Waals surface area contributed by atoms with E-state index in [9.17, 15) is 4.79 Å². The van der Waals surface area contributed by atoms with Crippen molar-refractivity contribution in [1.29, 1.82) is 0 Å². The Labute approximate surface area is 151 Å².